The minimum atomic E-state index is -3.59. The second-order valence-corrected chi connectivity index (χ2v) is 9.90. The molecule has 3 aromatic rings. The second-order valence-electron chi connectivity index (χ2n) is 7.04. The number of rotatable bonds is 6. The van der Waals surface area contributed by atoms with Gasteiger partial charge >= 0.3 is 0 Å². The molecular weight excluding hydrogens is 420 g/mol. The summed E-state index contributed by atoms with van der Waals surface area (Å²) in [5.41, 5.74) is 2.20. The number of nitrogens with one attached hydrogen (secondary N) is 1. The van der Waals surface area contributed by atoms with Gasteiger partial charge < -0.3 is 4.90 Å². The number of benzene rings is 1. The summed E-state index contributed by atoms with van der Waals surface area (Å²) in [6.45, 7) is 3.80. The van der Waals surface area contributed by atoms with Crippen LogP contribution in [0.5, 0.6) is 0 Å². The smallest absolute Gasteiger partial charge is 0.271 e. The number of thiophene rings is 1. The summed E-state index contributed by atoms with van der Waals surface area (Å²) in [7, 11) is -3.59. The Labute approximate surface area is 180 Å². The number of sulfonamides is 1. The second kappa shape index (κ2) is 8.95. The van der Waals surface area contributed by atoms with Crippen molar-refractivity contribution in [1.29, 1.82) is 0 Å². The normalized spacial score (nSPS) is 15.1. The summed E-state index contributed by atoms with van der Waals surface area (Å²) in [5.74, 6) is -0.0359. The summed E-state index contributed by atoms with van der Waals surface area (Å²) < 4.78 is 27.4. The van der Waals surface area contributed by atoms with Crippen molar-refractivity contribution in [2.75, 3.05) is 30.9 Å². The van der Waals surface area contributed by atoms with Gasteiger partial charge in [-0.25, -0.2) is 8.42 Å². The predicted octanol–water partition coefficient (Wildman–Crippen LogP) is 2.90. The molecule has 0 saturated carbocycles. The van der Waals surface area contributed by atoms with Crippen LogP contribution in [0.2, 0.25) is 0 Å². The highest BCUT2D eigenvalue weighted by Crippen LogP contribution is 2.21. The standard InChI is InChI=1S/C21H22N4O3S2/c26-21(25-13-11-24(12-14-25)16-17-7-9-22-10-8-17)18-3-5-19(6-4-18)23-30(27,28)20-2-1-15-29-20/h1-10,15,23H,11-14,16H2. The van der Waals surface area contributed by atoms with Crippen molar-refractivity contribution in [1.82, 2.24) is 14.8 Å². The lowest BCUT2D eigenvalue weighted by Crippen LogP contribution is -2.48. The largest absolute Gasteiger partial charge is 0.336 e. The van der Waals surface area contributed by atoms with Crippen LogP contribution in [-0.2, 0) is 16.6 Å². The van der Waals surface area contributed by atoms with E-state index in [0.717, 1.165) is 31.0 Å². The molecule has 7 nitrogen and oxygen atoms in total. The van der Waals surface area contributed by atoms with Gasteiger partial charge in [-0.05, 0) is 53.4 Å². The van der Waals surface area contributed by atoms with Gasteiger partial charge in [0.25, 0.3) is 15.9 Å². The number of hydrogen-bond acceptors (Lipinski definition) is 6. The Morgan fingerprint density at radius 1 is 1.00 bits per heavy atom. The number of aromatic nitrogens is 1. The molecule has 0 aliphatic carbocycles. The first-order valence-electron chi connectivity index (χ1n) is 9.58. The summed E-state index contributed by atoms with van der Waals surface area (Å²) in [6.07, 6.45) is 3.58. The molecular formula is C21H22N4O3S2. The number of piperazine rings is 1. The van der Waals surface area contributed by atoms with E-state index in [1.807, 2.05) is 17.0 Å². The SMILES string of the molecule is O=C(c1ccc(NS(=O)(=O)c2cccs2)cc1)N1CCN(Cc2ccncc2)CC1. The summed E-state index contributed by atoms with van der Waals surface area (Å²) in [4.78, 5) is 21.0. The maximum Gasteiger partial charge on any atom is 0.271 e. The van der Waals surface area contributed by atoms with E-state index < -0.39 is 10.0 Å². The van der Waals surface area contributed by atoms with Crippen LogP contribution in [0.4, 0.5) is 5.69 Å². The minimum absolute atomic E-state index is 0.0359. The molecule has 0 spiro atoms. The van der Waals surface area contributed by atoms with Gasteiger partial charge in [0.15, 0.2) is 0 Å². The molecule has 1 fully saturated rings. The van der Waals surface area contributed by atoms with Crippen LogP contribution in [-0.4, -0.2) is 55.3 Å². The van der Waals surface area contributed by atoms with E-state index >= 15 is 0 Å². The molecule has 3 heterocycles. The van der Waals surface area contributed by atoms with Crippen LogP contribution >= 0.6 is 11.3 Å². The molecule has 30 heavy (non-hydrogen) atoms. The summed E-state index contributed by atoms with van der Waals surface area (Å²) in [6, 6.07) is 13.8. The monoisotopic (exact) mass is 442 g/mol. The Balaban J connectivity index is 1.33. The van der Waals surface area contributed by atoms with Crippen molar-refractivity contribution in [3.05, 3.63) is 77.4 Å². The zero-order valence-corrected chi connectivity index (χ0v) is 17.9. The quantitative estimate of drug-likeness (QED) is 0.635. The maximum absolute atomic E-state index is 12.8. The Morgan fingerprint density at radius 2 is 1.70 bits per heavy atom. The molecule has 1 aromatic carbocycles. The van der Waals surface area contributed by atoms with Crippen molar-refractivity contribution in [2.24, 2.45) is 0 Å². The summed E-state index contributed by atoms with van der Waals surface area (Å²) >= 11 is 1.16. The molecule has 0 radical (unpaired) electrons. The van der Waals surface area contributed by atoms with Gasteiger partial charge in [0.05, 0.1) is 0 Å². The average molecular weight is 443 g/mol. The number of anilines is 1. The highest BCUT2D eigenvalue weighted by atomic mass is 32.2. The number of pyridine rings is 1. The predicted molar refractivity (Wildman–Crippen MR) is 117 cm³/mol. The van der Waals surface area contributed by atoms with E-state index in [0.29, 0.717) is 24.3 Å². The van der Waals surface area contributed by atoms with Gasteiger partial charge in [-0.15, -0.1) is 11.3 Å². The lowest BCUT2D eigenvalue weighted by molar-refractivity contribution is 0.0628. The van der Waals surface area contributed by atoms with Gasteiger partial charge in [-0.2, -0.15) is 0 Å². The minimum Gasteiger partial charge on any atom is -0.336 e. The number of hydrogen-bond donors (Lipinski definition) is 1. The fraction of sp³-hybridized carbons (Fsp3) is 0.238. The molecule has 156 valence electrons. The van der Waals surface area contributed by atoms with Crippen LogP contribution in [0.25, 0.3) is 0 Å². The Bertz CT molecular complexity index is 1080. The van der Waals surface area contributed by atoms with Crippen LogP contribution < -0.4 is 4.72 Å². The van der Waals surface area contributed by atoms with Crippen LogP contribution in [0.15, 0.2) is 70.5 Å². The van der Waals surface area contributed by atoms with E-state index in [2.05, 4.69) is 14.6 Å². The number of carbonyl (C=O) groups excluding carboxylic acids is 1. The average Bonchev–Trinajstić information content (AvgIpc) is 3.31. The van der Waals surface area contributed by atoms with E-state index in [4.69, 9.17) is 0 Å². The number of nitrogens with zero attached hydrogens (tertiary/aromatic N) is 3. The first-order chi connectivity index (χ1) is 14.5. The van der Waals surface area contributed by atoms with E-state index in [-0.39, 0.29) is 10.1 Å². The van der Waals surface area contributed by atoms with Gasteiger partial charge in [0.2, 0.25) is 0 Å². The van der Waals surface area contributed by atoms with Gasteiger partial charge in [0, 0.05) is 56.4 Å². The third-order valence-corrected chi connectivity index (χ3v) is 7.74. The topological polar surface area (TPSA) is 82.6 Å². The molecule has 1 aliphatic rings. The van der Waals surface area contributed by atoms with Crippen molar-refractivity contribution in [2.45, 2.75) is 10.8 Å². The van der Waals surface area contributed by atoms with E-state index in [1.54, 1.807) is 54.2 Å². The van der Waals surface area contributed by atoms with Gasteiger partial charge in [-0.1, -0.05) is 6.07 Å². The maximum atomic E-state index is 12.8. The fourth-order valence-electron chi connectivity index (χ4n) is 3.34. The van der Waals surface area contributed by atoms with Crippen LogP contribution in [0, 0.1) is 0 Å². The third kappa shape index (κ3) is 4.86. The first kappa shape index (κ1) is 20.5. The molecule has 2 aromatic heterocycles. The van der Waals surface area contributed by atoms with E-state index in [1.165, 1.54) is 5.56 Å². The van der Waals surface area contributed by atoms with Crippen molar-refractivity contribution < 1.29 is 13.2 Å². The zero-order valence-electron chi connectivity index (χ0n) is 16.3. The molecule has 1 amide bonds. The molecule has 4 rings (SSSR count). The molecule has 9 heteroatoms. The third-order valence-electron chi connectivity index (χ3n) is 4.96. The Kier molecular flexibility index (Phi) is 6.12. The molecule has 1 N–H and O–H groups in total. The number of carbonyl (C=O) groups is 1. The summed E-state index contributed by atoms with van der Waals surface area (Å²) in [5, 5.41) is 1.72. The highest BCUT2D eigenvalue weighted by molar-refractivity contribution is 7.94. The van der Waals surface area contributed by atoms with Crippen LogP contribution in [0.3, 0.4) is 0 Å². The molecule has 1 aliphatic heterocycles. The highest BCUT2D eigenvalue weighted by Gasteiger charge is 2.22. The van der Waals surface area contributed by atoms with Crippen LogP contribution in [0.1, 0.15) is 15.9 Å². The Hall–Kier alpha value is -2.75. The lowest BCUT2D eigenvalue weighted by Gasteiger charge is -2.34. The first-order valence-corrected chi connectivity index (χ1v) is 11.9. The fourth-order valence-corrected chi connectivity index (χ4v) is 5.39. The molecule has 0 atom stereocenters. The van der Waals surface area contributed by atoms with Gasteiger partial charge in [0.1, 0.15) is 4.21 Å². The van der Waals surface area contributed by atoms with Crippen molar-refractivity contribution >= 4 is 33.0 Å². The molecule has 1 saturated heterocycles. The van der Waals surface area contributed by atoms with Crippen molar-refractivity contribution in [3.63, 3.8) is 0 Å². The molecule has 0 bridgehead atoms. The lowest BCUT2D eigenvalue weighted by atomic mass is 10.1. The molecule has 0 unspecified atom stereocenters. The van der Waals surface area contributed by atoms with Gasteiger partial charge in [-0.3, -0.25) is 19.4 Å². The van der Waals surface area contributed by atoms with E-state index in [9.17, 15) is 13.2 Å². The Morgan fingerprint density at radius 3 is 2.33 bits per heavy atom. The van der Waals surface area contributed by atoms with Crippen molar-refractivity contribution in [3.8, 4) is 0 Å². The number of amides is 1. The zero-order chi connectivity index (χ0) is 21.0.